The van der Waals surface area contributed by atoms with Gasteiger partial charge in [0, 0.05) is 18.8 Å². The van der Waals surface area contributed by atoms with Gasteiger partial charge in [0.15, 0.2) is 0 Å². The quantitative estimate of drug-likeness (QED) is 0.597. The molecule has 3 rings (SSSR count). The topological polar surface area (TPSA) is 83.0 Å². The van der Waals surface area contributed by atoms with Gasteiger partial charge >= 0.3 is 10.2 Å². The monoisotopic (exact) mass is 378 g/mol. The van der Waals surface area contributed by atoms with Crippen LogP contribution in [0.3, 0.4) is 0 Å². The summed E-state index contributed by atoms with van der Waals surface area (Å²) in [5.41, 5.74) is 4.75. The van der Waals surface area contributed by atoms with Gasteiger partial charge in [-0.15, -0.1) is 0 Å². The highest BCUT2D eigenvalue weighted by atomic mass is 32.2. The van der Waals surface area contributed by atoms with Crippen molar-refractivity contribution in [2.45, 2.75) is 0 Å². The predicted molar refractivity (Wildman–Crippen MR) is 99.0 cm³/mol. The second kappa shape index (κ2) is 8.26. The van der Waals surface area contributed by atoms with Crippen molar-refractivity contribution in [3.05, 3.63) is 59.9 Å². The van der Waals surface area contributed by atoms with Crippen LogP contribution in [0.25, 0.3) is 0 Å². The van der Waals surface area contributed by atoms with E-state index in [0.717, 1.165) is 5.56 Å². The van der Waals surface area contributed by atoms with Gasteiger partial charge in [-0.2, -0.15) is 17.8 Å². The van der Waals surface area contributed by atoms with Crippen LogP contribution in [0.5, 0.6) is 0 Å². The lowest BCUT2D eigenvalue weighted by Crippen LogP contribution is -2.43. The molecule has 0 bridgehead atoms. The number of ether oxygens (including phenoxy) is 1. The highest BCUT2D eigenvalue weighted by Gasteiger charge is 2.23. The molecule has 2 N–H and O–H groups in total. The van der Waals surface area contributed by atoms with E-state index in [9.17, 15) is 12.8 Å². The fourth-order valence-corrected chi connectivity index (χ4v) is 3.54. The first-order valence-electron chi connectivity index (χ1n) is 8.03. The van der Waals surface area contributed by atoms with E-state index >= 15 is 0 Å². The summed E-state index contributed by atoms with van der Waals surface area (Å²) in [6.07, 6.45) is 1.56. The van der Waals surface area contributed by atoms with Gasteiger partial charge in [-0.25, -0.2) is 4.39 Å². The van der Waals surface area contributed by atoms with Gasteiger partial charge in [0.2, 0.25) is 0 Å². The van der Waals surface area contributed by atoms with Crippen LogP contribution in [0.2, 0.25) is 0 Å². The van der Waals surface area contributed by atoms with Crippen molar-refractivity contribution in [2.24, 2.45) is 5.10 Å². The van der Waals surface area contributed by atoms with E-state index in [1.54, 1.807) is 42.6 Å². The Morgan fingerprint density at radius 3 is 2.27 bits per heavy atom. The summed E-state index contributed by atoms with van der Waals surface area (Å²) in [4.78, 5) is 0. The van der Waals surface area contributed by atoms with E-state index in [0.29, 0.717) is 37.7 Å². The van der Waals surface area contributed by atoms with Gasteiger partial charge < -0.3 is 4.74 Å². The average Bonchev–Trinajstić information content (AvgIpc) is 2.65. The van der Waals surface area contributed by atoms with E-state index < -0.39 is 10.2 Å². The van der Waals surface area contributed by atoms with Crippen molar-refractivity contribution >= 4 is 27.8 Å². The lowest BCUT2D eigenvalue weighted by atomic mass is 10.2. The molecule has 7 nitrogen and oxygen atoms in total. The third-order valence-corrected chi connectivity index (χ3v) is 5.26. The molecule has 0 saturated carbocycles. The molecule has 1 saturated heterocycles. The minimum Gasteiger partial charge on any atom is -0.379 e. The Morgan fingerprint density at radius 2 is 1.62 bits per heavy atom. The van der Waals surface area contributed by atoms with Gasteiger partial charge in [0.25, 0.3) is 0 Å². The molecule has 1 heterocycles. The number of hydrogen-bond donors (Lipinski definition) is 2. The largest absolute Gasteiger partial charge is 0.379 e. The molecule has 0 unspecified atom stereocenters. The first-order chi connectivity index (χ1) is 12.5. The zero-order valence-corrected chi connectivity index (χ0v) is 14.7. The normalized spacial score (nSPS) is 15.9. The number of hydrogen-bond acceptors (Lipinski definition) is 5. The summed E-state index contributed by atoms with van der Waals surface area (Å²) in [5, 5.41) is 4.06. The van der Waals surface area contributed by atoms with Crippen LogP contribution in [0.15, 0.2) is 53.6 Å². The molecule has 2 aromatic rings. The summed E-state index contributed by atoms with van der Waals surface area (Å²) in [6.45, 7) is 1.48. The number of nitrogens with zero attached hydrogens (tertiary/aromatic N) is 2. The van der Waals surface area contributed by atoms with Crippen molar-refractivity contribution < 1.29 is 17.5 Å². The maximum Gasteiger partial charge on any atom is 0.301 e. The molecule has 2 aromatic carbocycles. The van der Waals surface area contributed by atoms with Gasteiger partial charge in [0.1, 0.15) is 5.82 Å². The second-order valence-electron chi connectivity index (χ2n) is 5.62. The van der Waals surface area contributed by atoms with Crippen LogP contribution in [0.4, 0.5) is 15.8 Å². The number of anilines is 2. The Hall–Kier alpha value is -2.49. The second-order valence-corrected chi connectivity index (χ2v) is 7.29. The van der Waals surface area contributed by atoms with Crippen molar-refractivity contribution in [1.29, 1.82) is 0 Å². The van der Waals surface area contributed by atoms with Crippen molar-refractivity contribution in [1.82, 2.24) is 4.31 Å². The number of rotatable bonds is 6. The smallest absolute Gasteiger partial charge is 0.301 e. The number of halogens is 1. The van der Waals surface area contributed by atoms with Crippen molar-refractivity contribution in [2.75, 3.05) is 36.5 Å². The maximum absolute atomic E-state index is 12.8. The lowest BCUT2D eigenvalue weighted by molar-refractivity contribution is 0.0733. The number of nitrogens with one attached hydrogen (secondary N) is 2. The highest BCUT2D eigenvalue weighted by molar-refractivity contribution is 7.90. The van der Waals surface area contributed by atoms with E-state index in [1.165, 1.54) is 16.4 Å². The van der Waals surface area contributed by atoms with E-state index in [2.05, 4.69) is 15.2 Å². The van der Waals surface area contributed by atoms with Crippen molar-refractivity contribution in [3.8, 4) is 0 Å². The first kappa shape index (κ1) is 18.3. The fraction of sp³-hybridized carbons (Fsp3) is 0.235. The molecule has 26 heavy (non-hydrogen) atoms. The molecule has 0 amide bonds. The molecule has 0 aromatic heterocycles. The third kappa shape index (κ3) is 5.01. The highest BCUT2D eigenvalue weighted by Crippen LogP contribution is 2.16. The third-order valence-electron chi connectivity index (χ3n) is 3.72. The Labute approximate surface area is 151 Å². The van der Waals surface area contributed by atoms with Gasteiger partial charge in [-0.05, 0) is 42.0 Å². The zero-order valence-electron chi connectivity index (χ0n) is 13.9. The van der Waals surface area contributed by atoms with Crippen LogP contribution in [-0.4, -0.2) is 45.2 Å². The Morgan fingerprint density at radius 1 is 1.00 bits per heavy atom. The molecule has 1 fully saturated rings. The summed E-state index contributed by atoms with van der Waals surface area (Å²) in [7, 11) is -3.58. The van der Waals surface area contributed by atoms with Gasteiger partial charge in [-0.1, -0.05) is 12.1 Å². The Bertz CT molecular complexity index is 849. The number of benzene rings is 2. The molecular weight excluding hydrogens is 359 g/mol. The van der Waals surface area contributed by atoms with Crippen molar-refractivity contribution in [3.63, 3.8) is 0 Å². The molecule has 0 atom stereocenters. The fourth-order valence-electron chi connectivity index (χ4n) is 2.34. The molecule has 0 aliphatic carbocycles. The Balaban J connectivity index is 1.57. The van der Waals surface area contributed by atoms with Crippen LogP contribution in [-0.2, 0) is 14.9 Å². The summed E-state index contributed by atoms with van der Waals surface area (Å²) in [6, 6.07) is 12.7. The van der Waals surface area contributed by atoms with E-state index in [-0.39, 0.29) is 5.82 Å². The van der Waals surface area contributed by atoms with Gasteiger partial charge in [-0.3, -0.25) is 10.1 Å². The molecular formula is C17H19FN4O3S. The standard InChI is InChI=1S/C17H19FN4O3S/c18-15-3-1-14(2-4-15)13-19-20-16-5-7-17(8-6-16)21-26(23,24)22-9-11-25-12-10-22/h1-8,13,20-21H,9-12H2/b19-13+. The average molecular weight is 378 g/mol. The van der Waals surface area contributed by atoms with E-state index in [4.69, 9.17) is 4.74 Å². The summed E-state index contributed by atoms with van der Waals surface area (Å²) in [5.74, 6) is -0.301. The number of hydrazone groups is 1. The molecule has 9 heteroatoms. The van der Waals surface area contributed by atoms with E-state index in [1.807, 2.05) is 0 Å². The minimum absolute atomic E-state index is 0.301. The summed E-state index contributed by atoms with van der Waals surface area (Å²) >= 11 is 0. The SMILES string of the molecule is O=S(=O)(Nc1ccc(N/N=C/c2ccc(F)cc2)cc1)N1CCOCC1. The summed E-state index contributed by atoms with van der Waals surface area (Å²) < 4.78 is 46.5. The number of morpholine rings is 1. The van der Waals surface area contributed by atoms with Crippen LogP contribution in [0, 0.1) is 5.82 Å². The first-order valence-corrected chi connectivity index (χ1v) is 9.47. The molecule has 0 spiro atoms. The lowest BCUT2D eigenvalue weighted by Gasteiger charge is -2.26. The maximum atomic E-state index is 12.8. The molecule has 138 valence electrons. The zero-order chi connectivity index (χ0) is 18.4. The molecule has 0 radical (unpaired) electrons. The van der Waals surface area contributed by atoms with Crippen LogP contribution >= 0.6 is 0 Å². The van der Waals surface area contributed by atoms with Crippen LogP contribution in [0.1, 0.15) is 5.56 Å². The molecule has 1 aliphatic heterocycles. The predicted octanol–water partition coefficient (Wildman–Crippen LogP) is 2.26. The van der Waals surface area contributed by atoms with Crippen LogP contribution < -0.4 is 10.1 Å². The molecule has 1 aliphatic rings. The minimum atomic E-state index is -3.58. The Kier molecular flexibility index (Phi) is 5.82. The van der Waals surface area contributed by atoms with Gasteiger partial charge in [0.05, 0.1) is 25.1 Å².